The highest BCUT2D eigenvalue weighted by molar-refractivity contribution is 5.72. The second-order valence-corrected chi connectivity index (χ2v) is 6.11. The lowest BCUT2D eigenvalue weighted by molar-refractivity contribution is -0.154. The molecule has 2 aromatic carbocycles. The Morgan fingerprint density at radius 3 is 2.42 bits per heavy atom. The van der Waals surface area contributed by atoms with Gasteiger partial charge in [-0.15, -0.1) is 0 Å². The zero-order valence-electron chi connectivity index (χ0n) is 14.8. The summed E-state index contributed by atoms with van der Waals surface area (Å²) >= 11 is 0. The molecule has 6 heteroatoms. The third-order valence-electron chi connectivity index (χ3n) is 3.82. The van der Waals surface area contributed by atoms with Crippen LogP contribution in [0.5, 0.6) is 5.75 Å². The number of hydrogen-bond donors (Lipinski definition) is 2. The summed E-state index contributed by atoms with van der Waals surface area (Å²) in [5.41, 5.74) is -0.120. The Morgan fingerprint density at radius 1 is 1.12 bits per heavy atom. The van der Waals surface area contributed by atoms with Crippen LogP contribution in [0, 0.1) is 6.92 Å². The molecule has 2 rings (SSSR count). The molecule has 0 bridgehead atoms. The number of aliphatic hydroxyl groups excluding tert-OH is 1. The Hall–Kier alpha value is -2.70. The standard InChI is InChI=1S/C20H22O6/c1-14-8-9-17(18(10-14)26-15(2)22)20(24,12-21)13-25-19(23)11-16-6-4-3-5-7-16/h3-10,21,24H,11-13H2,1-2H3. The van der Waals surface area contributed by atoms with E-state index in [1.165, 1.54) is 13.0 Å². The normalized spacial score (nSPS) is 12.9. The van der Waals surface area contributed by atoms with Crippen LogP contribution in [0.25, 0.3) is 0 Å². The number of rotatable bonds is 7. The Kier molecular flexibility index (Phi) is 6.49. The summed E-state index contributed by atoms with van der Waals surface area (Å²) in [6.45, 7) is 1.87. The predicted octanol–water partition coefficient (Wildman–Crippen LogP) is 1.89. The second kappa shape index (κ2) is 8.60. The minimum Gasteiger partial charge on any atom is -0.462 e. The number of aliphatic hydroxyl groups is 2. The summed E-state index contributed by atoms with van der Waals surface area (Å²) in [6.07, 6.45) is 0.0487. The molecule has 0 aliphatic carbocycles. The van der Waals surface area contributed by atoms with Gasteiger partial charge in [0.05, 0.1) is 13.0 Å². The number of carbonyl (C=O) groups is 2. The SMILES string of the molecule is CC(=O)Oc1cc(C)ccc1C(O)(CO)COC(=O)Cc1ccccc1. The van der Waals surface area contributed by atoms with Gasteiger partial charge < -0.3 is 19.7 Å². The van der Waals surface area contributed by atoms with Gasteiger partial charge in [-0.05, 0) is 24.1 Å². The fourth-order valence-corrected chi connectivity index (χ4v) is 2.48. The van der Waals surface area contributed by atoms with Crippen LogP contribution in [0.3, 0.4) is 0 Å². The summed E-state index contributed by atoms with van der Waals surface area (Å²) in [6, 6.07) is 13.9. The predicted molar refractivity (Wildman–Crippen MR) is 94.6 cm³/mol. The Bertz CT molecular complexity index is 771. The molecule has 138 valence electrons. The number of aryl methyl sites for hydroxylation is 1. The van der Waals surface area contributed by atoms with Crippen LogP contribution in [0.1, 0.15) is 23.6 Å². The Balaban J connectivity index is 2.15. The maximum atomic E-state index is 12.0. The molecule has 1 atom stereocenters. The Morgan fingerprint density at radius 2 is 1.81 bits per heavy atom. The molecule has 0 saturated heterocycles. The largest absolute Gasteiger partial charge is 0.462 e. The maximum absolute atomic E-state index is 12.0. The summed E-state index contributed by atoms with van der Waals surface area (Å²) in [4.78, 5) is 23.3. The third kappa shape index (κ3) is 5.15. The number of benzene rings is 2. The van der Waals surface area contributed by atoms with Crippen molar-refractivity contribution in [2.45, 2.75) is 25.9 Å². The Labute approximate surface area is 152 Å². The smallest absolute Gasteiger partial charge is 0.310 e. The van der Waals surface area contributed by atoms with Crippen molar-refractivity contribution in [2.24, 2.45) is 0 Å². The first-order chi connectivity index (χ1) is 12.3. The molecule has 2 aromatic rings. The van der Waals surface area contributed by atoms with Crippen molar-refractivity contribution in [3.63, 3.8) is 0 Å². The van der Waals surface area contributed by atoms with Crippen LogP contribution in [0.2, 0.25) is 0 Å². The molecule has 0 heterocycles. The highest BCUT2D eigenvalue weighted by Gasteiger charge is 2.34. The van der Waals surface area contributed by atoms with Crippen molar-refractivity contribution >= 4 is 11.9 Å². The van der Waals surface area contributed by atoms with Crippen molar-refractivity contribution in [3.8, 4) is 5.75 Å². The quantitative estimate of drug-likeness (QED) is 0.580. The van der Waals surface area contributed by atoms with Gasteiger partial charge in [0.25, 0.3) is 0 Å². The van der Waals surface area contributed by atoms with Crippen LogP contribution < -0.4 is 4.74 Å². The molecule has 0 radical (unpaired) electrons. The van der Waals surface area contributed by atoms with E-state index in [-0.39, 0.29) is 17.7 Å². The van der Waals surface area contributed by atoms with Crippen molar-refractivity contribution in [1.82, 2.24) is 0 Å². The molecule has 26 heavy (non-hydrogen) atoms. The van der Waals surface area contributed by atoms with Crippen LogP contribution in [0.4, 0.5) is 0 Å². The van der Waals surface area contributed by atoms with Crippen LogP contribution in [0.15, 0.2) is 48.5 Å². The maximum Gasteiger partial charge on any atom is 0.310 e. The summed E-state index contributed by atoms with van der Waals surface area (Å²) in [7, 11) is 0. The first-order valence-electron chi connectivity index (χ1n) is 8.16. The molecule has 0 saturated carbocycles. The molecule has 0 aliphatic rings. The van der Waals surface area contributed by atoms with E-state index in [0.29, 0.717) is 0 Å². The molecule has 0 spiro atoms. The number of esters is 2. The van der Waals surface area contributed by atoms with E-state index >= 15 is 0 Å². The molecular formula is C20H22O6. The lowest BCUT2D eigenvalue weighted by Gasteiger charge is -2.27. The van der Waals surface area contributed by atoms with Gasteiger partial charge in [-0.1, -0.05) is 42.5 Å². The van der Waals surface area contributed by atoms with E-state index in [2.05, 4.69) is 0 Å². The molecule has 0 fully saturated rings. The summed E-state index contributed by atoms with van der Waals surface area (Å²) in [5, 5.41) is 20.5. The second-order valence-electron chi connectivity index (χ2n) is 6.11. The van der Waals surface area contributed by atoms with E-state index in [9.17, 15) is 19.8 Å². The van der Waals surface area contributed by atoms with Gasteiger partial charge in [-0.3, -0.25) is 9.59 Å². The molecule has 0 amide bonds. The monoisotopic (exact) mass is 358 g/mol. The van der Waals surface area contributed by atoms with Crippen molar-refractivity contribution in [1.29, 1.82) is 0 Å². The van der Waals surface area contributed by atoms with Crippen LogP contribution in [-0.4, -0.2) is 35.4 Å². The van der Waals surface area contributed by atoms with E-state index in [4.69, 9.17) is 9.47 Å². The zero-order chi connectivity index (χ0) is 19.2. The fraction of sp³-hybridized carbons (Fsp3) is 0.300. The van der Waals surface area contributed by atoms with Gasteiger partial charge in [0, 0.05) is 12.5 Å². The lowest BCUT2D eigenvalue weighted by atomic mass is 9.93. The lowest BCUT2D eigenvalue weighted by Crippen LogP contribution is -2.37. The van der Waals surface area contributed by atoms with Crippen LogP contribution in [-0.2, 0) is 26.3 Å². The van der Waals surface area contributed by atoms with Gasteiger partial charge in [0.1, 0.15) is 12.4 Å². The third-order valence-corrected chi connectivity index (χ3v) is 3.82. The van der Waals surface area contributed by atoms with Gasteiger partial charge in [0.2, 0.25) is 0 Å². The minimum atomic E-state index is -1.88. The molecule has 1 unspecified atom stereocenters. The van der Waals surface area contributed by atoms with E-state index in [1.807, 2.05) is 18.2 Å². The highest BCUT2D eigenvalue weighted by atomic mass is 16.5. The highest BCUT2D eigenvalue weighted by Crippen LogP contribution is 2.31. The number of ether oxygens (including phenoxy) is 2. The zero-order valence-corrected chi connectivity index (χ0v) is 14.8. The van der Waals surface area contributed by atoms with E-state index < -0.39 is 30.8 Å². The molecule has 2 N–H and O–H groups in total. The fourth-order valence-electron chi connectivity index (χ4n) is 2.48. The average Bonchev–Trinajstić information content (AvgIpc) is 2.60. The van der Waals surface area contributed by atoms with Gasteiger partial charge in [0.15, 0.2) is 5.60 Å². The molecule has 0 aliphatic heterocycles. The van der Waals surface area contributed by atoms with Crippen molar-refractivity contribution in [2.75, 3.05) is 13.2 Å². The molecule has 6 nitrogen and oxygen atoms in total. The number of carbonyl (C=O) groups excluding carboxylic acids is 2. The van der Waals surface area contributed by atoms with E-state index in [1.54, 1.807) is 31.2 Å². The minimum absolute atomic E-state index is 0.0487. The first kappa shape index (κ1) is 19.6. The first-order valence-corrected chi connectivity index (χ1v) is 8.16. The van der Waals surface area contributed by atoms with E-state index in [0.717, 1.165) is 11.1 Å². The summed E-state index contributed by atoms with van der Waals surface area (Å²) < 4.78 is 10.3. The number of hydrogen-bond acceptors (Lipinski definition) is 6. The van der Waals surface area contributed by atoms with Crippen molar-refractivity contribution < 1.29 is 29.3 Å². The van der Waals surface area contributed by atoms with Crippen LogP contribution >= 0.6 is 0 Å². The average molecular weight is 358 g/mol. The van der Waals surface area contributed by atoms with Gasteiger partial charge in [-0.25, -0.2) is 0 Å². The molecule has 0 aromatic heterocycles. The molecular weight excluding hydrogens is 336 g/mol. The summed E-state index contributed by atoms with van der Waals surface area (Å²) in [5.74, 6) is -0.976. The van der Waals surface area contributed by atoms with Gasteiger partial charge in [-0.2, -0.15) is 0 Å². The topological polar surface area (TPSA) is 93.1 Å². The van der Waals surface area contributed by atoms with Crippen molar-refractivity contribution in [3.05, 3.63) is 65.2 Å². The van der Waals surface area contributed by atoms with Gasteiger partial charge >= 0.3 is 11.9 Å².